The van der Waals surface area contributed by atoms with Gasteiger partial charge in [0.1, 0.15) is 4.90 Å². The molecule has 0 aliphatic rings. The quantitative estimate of drug-likeness (QED) is 0.802. The standard InChI is InChI=1S/C17H14N2O3S/c1-12-7-9-13(10-8-12)15-11-16(17(20)19-18-15)23(21,22)14-5-3-2-4-6-14/h2-11H,1H3,(H,19,20). The van der Waals surface area contributed by atoms with Crippen LogP contribution in [0.4, 0.5) is 0 Å². The first-order chi connectivity index (χ1) is 11.0. The van der Waals surface area contributed by atoms with Gasteiger partial charge in [-0.2, -0.15) is 5.10 Å². The summed E-state index contributed by atoms with van der Waals surface area (Å²) >= 11 is 0. The number of hydrogen-bond donors (Lipinski definition) is 1. The summed E-state index contributed by atoms with van der Waals surface area (Å²) in [5.41, 5.74) is 1.48. The van der Waals surface area contributed by atoms with E-state index in [2.05, 4.69) is 10.2 Å². The summed E-state index contributed by atoms with van der Waals surface area (Å²) in [7, 11) is -3.89. The van der Waals surface area contributed by atoms with E-state index in [4.69, 9.17) is 0 Å². The maximum Gasteiger partial charge on any atom is 0.283 e. The lowest BCUT2D eigenvalue weighted by atomic mass is 10.1. The largest absolute Gasteiger partial charge is 0.283 e. The average molecular weight is 326 g/mol. The van der Waals surface area contributed by atoms with E-state index in [0.29, 0.717) is 5.69 Å². The third-order valence-electron chi connectivity index (χ3n) is 3.46. The van der Waals surface area contributed by atoms with Gasteiger partial charge in [0.25, 0.3) is 5.56 Å². The zero-order chi connectivity index (χ0) is 16.4. The lowest BCUT2D eigenvalue weighted by Crippen LogP contribution is -2.19. The number of aromatic amines is 1. The predicted octanol–water partition coefficient (Wildman–Crippen LogP) is 2.58. The summed E-state index contributed by atoms with van der Waals surface area (Å²) in [5, 5.41) is 6.22. The highest BCUT2D eigenvalue weighted by atomic mass is 32.2. The first-order valence-corrected chi connectivity index (χ1v) is 8.44. The summed E-state index contributed by atoms with van der Waals surface area (Å²) < 4.78 is 25.3. The van der Waals surface area contributed by atoms with Crippen molar-refractivity contribution < 1.29 is 8.42 Å². The van der Waals surface area contributed by atoms with Crippen LogP contribution in [0, 0.1) is 6.92 Å². The van der Waals surface area contributed by atoms with Crippen molar-refractivity contribution in [3.05, 3.63) is 76.6 Å². The molecule has 2 aromatic carbocycles. The second-order valence-corrected chi connectivity index (χ2v) is 7.05. The van der Waals surface area contributed by atoms with Crippen LogP contribution in [-0.4, -0.2) is 18.6 Å². The number of nitrogens with zero attached hydrogens (tertiary/aromatic N) is 1. The van der Waals surface area contributed by atoms with E-state index in [0.717, 1.165) is 11.1 Å². The first-order valence-electron chi connectivity index (χ1n) is 6.95. The molecule has 23 heavy (non-hydrogen) atoms. The molecule has 3 rings (SSSR count). The number of H-pyrrole nitrogens is 1. The molecule has 116 valence electrons. The molecule has 0 radical (unpaired) electrons. The van der Waals surface area contributed by atoms with Crippen LogP contribution in [0.15, 0.2) is 75.2 Å². The molecule has 1 aromatic heterocycles. The number of benzene rings is 2. The minimum atomic E-state index is -3.89. The van der Waals surface area contributed by atoms with Crippen molar-refractivity contribution in [2.75, 3.05) is 0 Å². The van der Waals surface area contributed by atoms with Gasteiger partial charge in [-0.1, -0.05) is 48.0 Å². The van der Waals surface area contributed by atoms with Crippen molar-refractivity contribution in [2.24, 2.45) is 0 Å². The van der Waals surface area contributed by atoms with Gasteiger partial charge in [0.05, 0.1) is 10.6 Å². The molecule has 0 saturated heterocycles. The molecule has 0 spiro atoms. The Morgan fingerprint density at radius 1 is 0.957 bits per heavy atom. The highest BCUT2D eigenvalue weighted by Gasteiger charge is 2.22. The van der Waals surface area contributed by atoms with Crippen LogP contribution in [0.25, 0.3) is 11.3 Å². The molecule has 0 aliphatic heterocycles. The second-order valence-electron chi connectivity index (χ2n) is 5.13. The molecule has 0 aliphatic carbocycles. The van der Waals surface area contributed by atoms with Crippen molar-refractivity contribution in [3.63, 3.8) is 0 Å². The monoisotopic (exact) mass is 326 g/mol. The molecule has 1 heterocycles. The van der Waals surface area contributed by atoms with E-state index in [9.17, 15) is 13.2 Å². The van der Waals surface area contributed by atoms with Crippen molar-refractivity contribution in [1.29, 1.82) is 0 Å². The average Bonchev–Trinajstić information content (AvgIpc) is 2.57. The molecule has 0 amide bonds. The zero-order valence-electron chi connectivity index (χ0n) is 12.4. The predicted molar refractivity (Wildman–Crippen MR) is 86.9 cm³/mol. The fraction of sp³-hybridized carbons (Fsp3) is 0.0588. The summed E-state index contributed by atoms with van der Waals surface area (Å²) in [6, 6.07) is 16.6. The van der Waals surface area contributed by atoms with Crippen molar-refractivity contribution in [1.82, 2.24) is 10.2 Å². The Balaban J connectivity index is 2.16. The van der Waals surface area contributed by atoms with Gasteiger partial charge in [-0.15, -0.1) is 0 Å². The SMILES string of the molecule is Cc1ccc(-c2cc(S(=O)(=O)c3ccccc3)c(=O)[nH]n2)cc1. The fourth-order valence-electron chi connectivity index (χ4n) is 2.19. The maximum absolute atomic E-state index is 12.6. The van der Waals surface area contributed by atoms with E-state index >= 15 is 0 Å². The minimum Gasteiger partial charge on any atom is -0.267 e. The van der Waals surface area contributed by atoms with Gasteiger partial charge >= 0.3 is 0 Å². The summed E-state index contributed by atoms with van der Waals surface area (Å²) in [6.07, 6.45) is 0. The molecule has 1 N–H and O–H groups in total. The Morgan fingerprint density at radius 3 is 2.26 bits per heavy atom. The smallest absolute Gasteiger partial charge is 0.267 e. The normalized spacial score (nSPS) is 11.3. The van der Waals surface area contributed by atoms with Gasteiger partial charge in [0.2, 0.25) is 9.84 Å². The Kier molecular flexibility index (Phi) is 3.83. The van der Waals surface area contributed by atoms with Gasteiger partial charge in [-0.05, 0) is 25.1 Å². The van der Waals surface area contributed by atoms with Gasteiger partial charge in [0.15, 0.2) is 0 Å². The van der Waals surface area contributed by atoms with Gasteiger partial charge in [0, 0.05) is 5.56 Å². The number of aromatic nitrogens is 2. The van der Waals surface area contributed by atoms with Crippen LogP contribution in [0.5, 0.6) is 0 Å². The van der Waals surface area contributed by atoms with E-state index < -0.39 is 15.4 Å². The molecule has 0 bridgehead atoms. The number of aryl methyl sites for hydroxylation is 1. The molecular weight excluding hydrogens is 312 g/mol. The molecule has 0 fully saturated rings. The molecule has 0 unspecified atom stereocenters. The molecule has 3 aromatic rings. The van der Waals surface area contributed by atoms with Crippen LogP contribution in [0.1, 0.15) is 5.56 Å². The molecule has 6 heteroatoms. The third kappa shape index (κ3) is 2.93. The van der Waals surface area contributed by atoms with Crippen LogP contribution < -0.4 is 5.56 Å². The highest BCUT2D eigenvalue weighted by Crippen LogP contribution is 2.22. The van der Waals surface area contributed by atoms with E-state index in [-0.39, 0.29) is 9.79 Å². The highest BCUT2D eigenvalue weighted by molar-refractivity contribution is 7.91. The topological polar surface area (TPSA) is 79.9 Å². The van der Waals surface area contributed by atoms with Crippen LogP contribution in [0.2, 0.25) is 0 Å². The van der Waals surface area contributed by atoms with Gasteiger partial charge in [-0.25, -0.2) is 13.5 Å². The third-order valence-corrected chi connectivity index (χ3v) is 5.23. The minimum absolute atomic E-state index is 0.0755. The Bertz CT molecular complexity index is 992. The van der Waals surface area contributed by atoms with Crippen LogP contribution >= 0.6 is 0 Å². The number of sulfone groups is 1. The number of hydrogen-bond acceptors (Lipinski definition) is 4. The van der Waals surface area contributed by atoms with Crippen LogP contribution in [0.3, 0.4) is 0 Å². The number of nitrogens with one attached hydrogen (secondary N) is 1. The number of rotatable bonds is 3. The Labute approximate surface area is 133 Å². The lowest BCUT2D eigenvalue weighted by molar-refractivity contribution is 0.594. The fourth-order valence-corrected chi connectivity index (χ4v) is 3.51. The van der Waals surface area contributed by atoms with Crippen molar-refractivity contribution >= 4 is 9.84 Å². The second kappa shape index (κ2) is 5.81. The maximum atomic E-state index is 12.6. The Hall–Kier alpha value is -2.73. The van der Waals surface area contributed by atoms with Crippen LogP contribution in [-0.2, 0) is 9.84 Å². The lowest BCUT2D eigenvalue weighted by Gasteiger charge is -2.06. The molecule has 0 atom stereocenters. The molecule has 5 nitrogen and oxygen atoms in total. The summed E-state index contributed by atoms with van der Waals surface area (Å²) in [5.74, 6) is 0. The van der Waals surface area contributed by atoms with E-state index in [1.165, 1.54) is 18.2 Å². The summed E-state index contributed by atoms with van der Waals surface area (Å²) in [4.78, 5) is 11.7. The van der Waals surface area contributed by atoms with E-state index in [1.54, 1.807) is 18.2 Å². The van der Waals surface area contributed by atoms with Gasteiger partial charge in [-0.3, -0.25) is 4.79 Å². The molecule has 0 saturated carbocycles. The van der Waals surface area contributed by atoms with Gasteiger partial charge < -0.3 is 0 Å². The summed E-state index contributed by atoms with van der Waals surface area (Å²) in [6.45, 7) is 1.95. The van der Waals surface area contributed by atoms with E-state index in [1.807, 2.05) is 31.2 Å². The Morgan fingerprint density at radius 2 is 1.61 bits per heavy atom. The zero-order valence-corrected chi connectivity index (χ0v) is 13.2. The first kappa shape index (κ1) is 15.2. The van der Waals surface area contributed by atoms with Crippen molar-refractivity contribution in [3.8, 4) is 11.3 Å². The molecular formula is C17H14N2O3S. The van der Waals surface area contributed by atoms with Crippen molar-refractivity contribution in [2.45, 2.75) is 16.7 Å².